The van der Waals surface area contributed by atoms with Crippen LogP contribution in [0.1, 0.15) is 6.42 Å². The van der Waals surface area contributed by atoms with E-state index in [0.29, 0.717) is 27.3 Å². The smallest absolute Gasteiger partial charge is 0.332 e. The zero-order valence-electron chi connectivity index (χ0n) is 18.6. The molecule has 0 bridgehead atoms. The van der Waals surface area contributed by atoms with Crippen molar-refractivity contribution in [3.05, 3.63) is 86.6 Å². The molecule has 0 aliphatic carbocycles. The van der Waals surface area contributed by atoms with E-state index in [2.05, 4.69) is 10.6 Å². The molecule has 4 rings (SSSR count). The number of rotatable bonds is 8. The van der Waals surface area contributed by atoms with Gasteiger partial charge in [-0.05, 0) is 47.8 Å². The second kappa shape index (κ2) is 10.3. The van der Waals surface area contributed by atoms with E-state index in [-0.39, 0.29) is 19.5 Å². The Morgan fingerprint density at radius 2 is 1.71 bits per heavy atom. The molecule has 4 aromatic rings. The molecule has 0 saturated carbocycles. The number of fused-ring (bicyclic) bond motifs is 1. The monoisotopic (exact) mass is 496 g/mol. The first-order valence-corrected chi connectivity index (χ1v) is 11.4. The van der Waals surface area contributed by atoms with Crippen molar-refractivity contribution >= 4 is 44.7 Å². The first-order chi connectivity index (χ1) is 16.9. The van der Waals surface area contributed by atoms with Crippen molar-refractivity contribution in [2.24, 2.45) is 0 Å². The highest BCUT2D eigenvalue weighted by molar-refractivity contribution is 7.17. The van der Waals surface area contributed by atoms with Gasteiger partial charge in [-0.25, -0.2) is 9.18 Å². The number of halogens is 1. The van der Waals surface area contributed by atoms with Crippen LogP contribution in [0.3, 0.4) is 0 Å². The number of amides is 2. The van der Waals surface area contributed by atoms with Crippen LogP contribution in [0.25, 0.3) is 10.2 Å². The van der Waals surface area contributed by atoms with Gasteiger partial charge < -0.3 is 15.4 Å². The van der Waals surface area contributed by atoms with Crippen LogP contribution >= 0.6 is 11.3 Å². The average molecular weight is 497 g/mol. The van der Waals surface area contributed by atoms with Gasteiger partial charge >= 0.3 is 5.69 Å². The van der Waals surface area contributed by atoms with Crippen LogP contribution in [0, 0.1) is 5.82 Å². The quantitative estimate of drug-likeness (QED) is 0.390. The molecule has 35 heavy (non-hydrogen) atoms. The molecular formula is C24H21FN4O5S. The summed E-state index contributed by atoms with van der Waals surface area (Å²) in [6.07, 6.45) is -0.170. The number of anilines is 2. The number of carbonyl (C=O) groups excluding carboxylic acids is 2. The molecule has 0 fully saturated rings. The number of carbonyl (C=O) groups is 2. The molecule has 9 nitrogen and oxygen atoms in total. The Morgan fingerprint density at radius 1 is 0.971 bits per heavy atom. The summed E-state index contributed by atoms with van der Waals surface area (Å²) in [7, 11) is 1.48. The molecule has 2 amide bonds. The van der Waals surface area contributed by atoms with Crippen LogP contribution in [0.2, 0.25) is 0 Å². The van der Waals surface area contributed by atoms with Gasteiger partial charge in [0.05, 0.1) is 18.3 Å². The largest absolute Gasteiger partial charge is 0.495 e. The summed E-state index contributed by atoms with van der Waals surface area (Å²) in [4.78, 5) is 51.2. The van der Waals surface area contributed by atoms with Gasteiger partial charge in [0.1, 0.15) is 22.8 Å². The molecular weight excluding hydrogens is 475 g/mol. The predicted octanol–water partition coefficient (Wildman–Crippen LogP) is 3.04. The number of para-hydroxylation sites is 2. The summed E-state index contributed by atoms with van der Waals surface area (Å²) in [5.74, 6) is -0.905. The van der Waals surface area contributed by atoms with E-state index < -0.39 is 28.9 Å². The number of hydrogen-bond donors (Lipinski definition) is 2. The third kappa shape index (κ3) is 5.30. The topological polar surface area (TPSA) is 111 Å². The van der Waals surface area contributed by atoms with Gasteiger partial charge in [0.2, 0.25) is 11.8 Å². The molecule has 0 unspecified atom stereocenters. The molecule has 2 aromatic heterocycles. The standard InChI is InChI=1S/C24H21FN4O5S/c1-34-19-5-3-2-4-17(19)27-21(31)14-29-18-11-13-35-22(18)23(32)28(24(29)33)12-10-20(30)26-16-8-6-15(25)7-9-16/h2-9,11,13H,10,12,14H2,1H3,(H,26,30)(H,27,31). The van der Waals surface area contributed by atoms with E-state index in [1.165, 1.54) is 35.9 Å². The summed E-state index contributed by atoms with van der Waals surface area (Å²) in [6, 6.07) is 13.7. The fourth-order valence-corrected chi connectivity index (χ4v) is 4.38. The zero-order chi connectivity index (χ0) is 24.9. The van der Waals surface area contributed by atoms with E-state index in [4.69, 9.17) is 4.74 Å². The fraction of sp³-hybridized carbons (Fsp3) is 0.167. The minimum Gasteiger partial charge on any atom is -0.495 e. The zero-order valence-corrected chi connectivity index (χ0v) is 19.4. The lowest BCUT2D eigenvalue weighted by Gasteiger charge is -2.13. The molecule has 0 atom stereocenters. The van der Waals surface area contributed by atoms with Crippen LogP contribution < -0.4 is 26.6 Å². The Labute approximate surface area is 202 Å². The summed E-state index contributed by atoms with van der Waals surface area (Å²) in [5, 5.41) is 6.96. The van der Waals surface area contributed by atoms with Crippen molar-refractivity contribution in [3.8, 4) is 5.75 Å². The normalized spacial score (nSPS) is 10.8. The van der Waals surface area contributed by atoms with Gasteiger partial charge in [-0.1, -0.05) is 12.1 Å². The summed E-state index contributed by atoms with van der Waals surface area (Å²) in [5.41, 5.74) is -0.0582. The van der Waals surface area contributed by atoms with Crippen LogP contribution in [-0.2, 0) is 22.7 Å². The van der Waals surface area contributed by atoms with Crippen molar-refractivity contribution in [3.63, 3.8) is 0 Å². The Kier molecular flexibility index (Phi) is 7.06. The first-order valence-electron chi connectivity index (χ1n) is 10.6. The van der Waals surface area contributed by atoms with E-state index >= 15 is 0 Å². The maximum Gasteiger partial charge on any atom is 0.332 e. The van der Waals surface area contributed by atoms with Crippen molar-refractivity contribution < 1.29 is 18.7 Å². The minimum absolute atomic E-state index is 0.170. The molecule has 0 radical (unpaired) electrons. The van der Waals surface area contributed by atoms with E-state index in [1.54, 1.807) is 35.7 Å². The second-order valence-electron chi connectivity index (χ2n) is 7.51. The van der Waals surface area contributed by atoms with Gasteiger partial charge in [-0.15, -0.1) is 11.3 Å². The van der Waals surface area contributed by atoms with Crippen LogP contribution in [0.5, 0.6) is 5.75 Å². The van der Waals surface area contributed by atoms with E-state index in [1.807, 2.05) is 0 Å². The third-order valence-corrected chi connectivity index (χ3v) is 6.10. The Hall–Kier alpha value is -4.25. The van der Waals surface area contributed by atoms with Crippen LogP contribution in [0.4, 0.5) is 15.8 Å². The first kappa shape index (κ1) is 23.9. The number of thiophene rings is 1. The van der Waals surface area contributed by atoms with Gasteiger partial charge in [-0.2, -0.15) is 0 Å². The maximum absolute atomic E-state index is 13.2. The number of nitrogens with zero attached hydrogens (tertiary/aromatic N) is 2. The lowest BCUT2D eigenvalue weighted by Crippen LogP contribution is -2.41. The Balaban J connectivity index is 1.56. The number of aromatic nitrogens is 2. The number of ether oxygens (including phenoxy) is 1. The maximum atomic E-state index is 13.2. The molecule has 0 saturated heterocycles. The molecule has 2 aromatic carbocycles. The van der Waals surface area contributed by atoms with Crippen molar-refractivity contribution in [1.82, 2.24) is 9.13 Å². The van der Waals surface area contributed by atoms with Crippen LogP contribution in [-0.4, -0.2) is 28.1 Å². The molecule has 2 heterocycles. The molecule has 0 spiro atoms. The van der Waals surface area contributed by atoms with E-state index in [0.717, 1.165) is 15.9 Å². The highest BCUT2D eigenvalue weighted by Crippen LogP contribution is 2.23. The molecule has 0 aliphatic heterocycles. The van der Waals surface area contributed by atoms with Crippen molar-refractivity contribution in [2.45, 2.75) is 19.5 Å². The number of hydrogen-bond acceptors (Lipinski definition) is 6. The van der Waals surface area contributed by atoms with Crippen molar-refractivity contribution in [2.75, 3.05) is 17.7 Å². The lowest BCUT2D eigenvalue weighted by molar-refractivity contribution is -0.117. The highest BCUT2D eigenvalue weighted by Gasteiger charge is 2.18. The average Bonchev–Trinajstić information content (AvgIpc) is 3.34. The second-order valence-corrected chi connectivity index (χ2v) is 8.43. The lowest BCUT2D eigenvalue weighted by atomic mass is 10.3. The Morgan fingerprint density at radius 3 is 2.46 bits per heavy atom. The number of nitrogens with one attached hydrogen (secondary N) is 2. The predicted molar refractivity (Wildman–Crippen MR) is 132 cm³/mol. The number of benzene rings is 2. The summed E-state index contributed by atoms with van der Waals surface area (Å²) < 4.78 is 20.7. The van der Waals surface area contributed by atoms with Crippen molar-refractivity contribution in [1.29, 1.82) is 0 Å². The fourth-order valence-electron chi connectivity index (χ4n) is 3.53. The van der Waals surface area contributed by atoms with Gasteiger partial charge in [0.15, 0.2) is 0 Å². The SMILES string of the molecule is COc1ccccc1NC(=O)Cn1c(=O)n(CCC(=O)Nc2ccc(F)cc2)c(=O)c2sccc21. The van der Waals surface area contributed by atoms with Gasteiger partial charge in [-0.3, -0.25) is 23.5 Å². The highest BCUT2D eigenvalue weighted by atomic mass is 32.1. The van der Waals surface area contributed by atoms with E-state index in [9.17, 15) is 23.6 Å². The number of methoxy groups -OCH3 is 1. The molecule has 180 valence electrons. The minimum atomic E-state index is -0.703. The molecule has 0 aliphatic rings. The third-order valence-electron chi connectivity index (χ3n) is 5.21. The Bertz CT molecular complexity index is 1510. The van der Waals surface area contributed by atoms with Gasteiger partial charge in [0.25, 0.3) is 5.56 Å². The van der Waals surface area contributed by atoms with Crippen LogP contribution in [0.15, 0.2) is 69.6 Å². The molecule has 11 heteroatoms. The summed E-state index contributed by atoms with van der Waals surface area (Å²) in [6.45, 7) is -0.529. The van der Waals surface area contributed by atoms with Gasteiger partial charge in [0, 0.05) is 18.7 Å². The summed E-state index contributed by atoms with van der Waals surface area (Å²) >= 11 is 1.15. The molecule has 2 N–H and O–H groups in total.